The van der Waals surface area contributed by atoms with Gasteiger partial charge in [-0.2, -0.15) is 17.5 Å². The molecule has 0 amide bonds. The van der Waals surface area contributed by atoms with E-state index in [4.69, 9.17) is 9.97 Å². The average molecular weight is 613 g/mol. The molecular formula is C32H16N6S4. The predicted molar refractivity (Wildman–Crippen MR) is 176 cm³/mol. The summed E-state index contributed by atoms with van der Waals surface area (Å²) in [7, 11) is 0. The predicted octanol–water partition coefficient (Wildman–Crippen LogP) is 9.58. The number of benzene rings is 3. The van der Waals surface area contributed by atoms with Gasteiger partial charge in [-0.15, -0.1) is 22.7 Å². The zero-order valence-electron chi connectivity index (χ0n) is 21.6. The number of hydrogen-bond acceptors (Lipinski definition) is 10. The minimum atomic E-state index is 0.921. The van der Waals surface area contributed by atoms with Crippen molar-refractivity contribution < 1.29 is 0 Å². The van der Waals surface area contributed by atoms with Gasteiger partial charge < -0.3 is 0 Å². The van der Waals surface area contributed by atoms with Crippen LogP contribution in [0.2, 0.25) is 0 Å². The topological polar surface area (TPSA) is 77.3 Å². The Morgan fingerprint density at radius 1 is 0.476 bits per heavy atom. The molecule has 6 aromatic heterocycles. The van der Waals surface area contributed by atoms with Gasteiger partial charge in [0.25, 0.3) is 0 Å². The summed E-state index contributed by atoms with van der Waals surface area (Å²) in [5.74, 6) is 0. The normalized spacial score (nSPS) is 11.8. The lowest BCUT2D eigenvalue weighted by Crippen LogP contribution is -1.84. The van der Waals surface area contributed by atoms with Crippen LogP contribution in [0.15, 0.2) is 97.3 Å². The minimum absolute atomic E-state index is 0.921. The van der Waals surface area contributed by atoms with Crippen molar-refractivity contribution in [1.82, 2.24) is 27.5 Å². The molecule has 0 saturated carbocycles. The lowest BCUT2D eigenvalue weighted by molar-refractivity contribution is 1.34. The van der Waals surface area contributed by atoms with Crippen molar-refractivity contribution in [3.63, 3.8) is 0 Å². The van der Waals surface area contributed by atoms with E-state index < -0.39 is 0 Å². The average Bonchev–Trinajstić information content (AvgIpc) is 3.85. The summed E-state index contributed by atoms with van der Waals surface area (Å²) in [6.45, 7) is 0. The molecule has 0 spiro atoms. The van der Waals surface area contributed by atoms with Crippen LogP contribution in [0.3, 0.4) is 0 Å². The Kier molecular flexibility index (Phi) is 5.48. The molecule has 6 heterocycles. The van der Waals surface area contributed by atoms with Crippen molar-refractivity contribution in [3.8, 4) is 43.4 Å². The van der Waals surface area contributed by atoms with E-state index in [1.807, 2.05) is 36.7 Å². The van der Waals surface area contributed by atoms with E-state index in [-0.39, 0.29) is 0 Å². The number of thiophene rings is 2. The van der Waals surface area contributed by atoms with Crippen LogP contribution in [0.4, 0.5) is 0 Å². The first-order valence-corrected chi connectivity index (χ1v) is 16.2. The van der Waals surface area contributed by atoms with Crippen molar-refractivity contribution in [2.45, 2.75) is 0 Å². The van der Waals surface area contributed by atoms with E-state index in [0.29, 0.717) is 0 Å². The second-order valence-electron chi connectivity index (χ2n) is 9.89. The van der Waals surface area contributed by atoms with Crippen LogP contribution >= 0.6 is 46.1 Å². The fourth-order valence-electron chi connectivity index (χ4n) is 5.30. The summed E-state index contributed by atoms with van der Waals surface area (Å²) < 4.78 is 20.2. The highest BCUT2D eigenvalue weighted by atomic mass is 32.1. The number of rotatable bonds is 4. The van der Waals surface area contributed by atoms with E-state index in [0.717, 1.165) is 65.5 Å². The lowest BCUT2D eigenvalue weighted by Gasteiger charge is -2.03. The molecule has 0 atom stereocenters. The Labute approximate surface area is 255 Å². The molecule has 0 aliphatic rings. The Morgan fingerprint density at radius 2 is 0.976 bits per heavy atom. The van der Waals surface area contributed by atoms with Gasteiger partial charge in [0.15, 0.2) is 0 Å². The molecule has 3 aromatic carbocycles. The molecule has 0 aliphatic carbocycles. The molecule has 0 bridgehead atoms. The third-order valence-electron chi connectivity index (χ3n) is 7.38. The van der Waals surface area contributed by atoms with Gasteiger partial charge in [0.1, 0.15) is 22.1 Å². The number of hydrogen-bond donors (Lipinski definition) is 0. The zero-order chi connectivity index (χ0) is 27.6. The van der Waals surface area contributed by atoms with Gasteiger partial charge in [-0.05, 0) is 59.3 Å². The summed E-state index contributed by atoms with van der Waals surface area (Å²) in [4.78, 5) is 12.0. The van der Waals surface area contributed by atoms with Crippen LogP contribution in [0.25, 0.3) is 85.6 Å². The Balaban J connectivity index is 1.02. The number of nitrogens with zero attached hydrogens (tertiary/aromatic N) is 6. The molecule has 6 nitrogen and oxygen atoms in total. The fourth-order valence-corrected chi connectivity index (χ4v) is 8.54. The molecule has 42 heavy (non-hydrogen) atoms. The van der Waals surface area contributed by atoms with E-state index in [1.54, 1.807) is 22.7 Å². The molecule has 198 valence electrons. The van der Waals surface area contributed by atoms with Crippen molar-refractivity contribution in [2.24, 2.45) is 0 Å². The van der Waals surface area contributed by atoms with E-state index >= 15 is 0 Å². The third-order valence-corrected chi connectivity index (χ3v) is 10.7. The van der Waals surface area contributed by atoms with Crippen LogP contribution in [0.5, 0.6) is 0 Å². The molecule has 0 N–H and O–H groups in total. The molecular weight excluding hydrogens is 597 g/mol. The monoisotopic (exact) mass is 612 g/mol. The number of fused-ring (bicyclic) bond motifs is 4. The van der Waals surface area contributed by atoms with E-state index in [1.165, 1.54) is 43.6 Å². The van der Waals surface area contributed by atoms with Crippen molar-refractivity contribution in [2.75, 3.05) is 0 Å². The smallest absolute Gasteiger partial charge is 0.112 e. The van der Waals surface area contributed by atoms with Crippen molar-refractivity contribution >= 4 is 88.4 Å². The van der Waals surface area contributed by atoms with Crippen LogP contribution in [-0.4, -0.2) is 27.5 Å². The van der Waals surface area contributed by atoms with E-state index in [2.05, 4.69) is 78.2 Å². The molecule has 0 unspecified atom stereocenters. The van der Waals surface area contributed by atoms with Crippen LogP contribution in [0.1, 0.15) is 0 Å². The molecule has 10 heteroatoms. The zero-order valence-corrected chi connectivity index (χ0v) is 24.8. The van der Waals surface area contributed by atoms with E-state index in [9.17, 15) is 0 Å². The first-order valence-electron chi connectivity index (χ1n) is 13.1. The first-order chi connectivity index (χ1) is 20.8. The molecule has 9 aromatic rings. The second-order valence-corrected chi connectivity index (χ2v) is 13.1. The summed E-state index contributed by atoms with van der Waals surface area (Å²) >= 11 is 6.03. The standard InChI is InChI=1S/C32H16N6S4/c1-3-21(31-25(5-1)35-41-37-31)17-7-9-23(33-15-17)29-13-19-11-28-20(12-27(19)39-29)14-30(40-28)24-10-8-18(16-34-24)22-4-2-6-26-32(22)38-42-36-26/h1-16H. The fraction of sp³-hybridized carbons (Fsp3) is 0. The summed E-state index contributed by atoms with van der Waals surface area (Å²) in [5, 5.41) is 2.46. The number of pyridine rings is 2. The van der Waals surface area contributed by atoms with Gasteiger partial charge in [0.2, 0.25) is 0 Å². The van der Waals surface area contributed by atoms with Gasteiger partial charge in [0, 0.05) is 44.0 Å². The van der Waals surface area contributed by atoms with Gasteiger partial charge in [0.05, 0.1) is 44.6 Å². The minimum Gasteiger partial charge on any atom is -0.255 e. The van der Waals surface area contributed by atoms with Gasteiger partial charge in [-0.1, -0.05) is 36.4 Å². The Hall–Kier alpha value is -4.48. The SMILES string of the molecule is c1cc(-c2ccc(-c3cc4cc5sc(-c6ccc(-c7cccc8nsnc78)cn6)cc5cc4s3)nc2)c2nsnc2c1. The molecule has 0 radical (unpaired) electrons. The summed E-state index contributed by atoms with van der Waals surface area (Å²) in [6, 6.07) is 29.7. The third kappa shape index (κ3) is 3.95. The molecule has 0 fully saturated rings. The van der Waals surface area contributed by atoms with Crippen molar-refractivity contribution in [3.05, 3.63) is 97.3 Å². The summed E-state index contributed by atoms with van der Waals surface area (Å²) in [6.07, 6.45) is 3.87. The molecule has 0 aliphatic heterocycles. The Bertz CT molecular complexity index is 2200. The second kappa shape index (κ2) is 9.53. The Morgan fingerprint density at radius 3 is 1.43 bits per heavy atom. The maximum absolute atomic E-state index is 4.82. The van der Waals surface area contributed by atoms with Gasteiger partial charge in [-0.3, -0.25) is 9.97 Å². The van der Waals surface area contributed by atoms with Crippen LogP contribution < -0.4 is 0 Å². The quantitative estimate of drug-likeness (QED) is 0.197. The first kappa shape index (κ1) is 24.2. The maximum Gasteiger partial charge on any atom is 0.112 e. The largest absolute Gasteiger partial charge is 0.255 e. The highest BCUT2D eigenvalue weighted by Gasteiger charge is 2.13. The van der Waals surface area contributed by atoms with Gasteiger partial charge in [-0.25, -0.2) is 0 Å². The van der Waals surface area contributed by atoms with Gasteiger partial charge >= 0.3 is 0 Å². The van der Waals surface area contributed by atoms with Crippen molar-refractivity contribution in [1.29, 1.82) is 0 Å². The highest BCUT2D eigenvalue weighted by Crippen LogP contribution is 2.40. The number of aromatic nitrogens is 6. The highest BCUT2D eigenvalue weighted by molar-refractivity contribution is 7.23. The van der Waals surface area contributed by atoms with Crippen LogP contribution in [0, 0.1) is 0 Å². The lowest BCUT2D eigenvalue weighted by atomic mass is 10.1. The van der Waals surface area contributed by atoms with Crippen LogP contribution in [-0.2, 0) is 0 Å². The molecule has 0 saturated heterocycles. The maximum atomic E-state index is 4.82. The molecule has 9 rings (SSSR count). The summed E-state index contributed by atoms with van der Waals surface area (Å²) in [5.41, 5.74) is 9.85.